The Morgan fingerprint density at radius 2 is 2.00 bits per heavy atom. The molecule has 1 aromatic carbocycles. The molecule has 196 valence electrons. The average molecular weight is 513 g/mol. The van der Waals surface area contributed by atoms with E-state index in [9.17, 15) is 4.79 Å². The molecule has 0 radical (unpaired) electrons. The summed E-state index contributed by atoms with van der Waals surface area (Å²) in [4.78, 5) is 26.5. The number of hydrogen-bond donors (Lipinski definition) is 2. The molecule has 4 heterocycles. The van der Waals surface area contributed by atoms with Gasteiger partial charge < -0.3 is 15.2 Å². The number of benzene rings is 1. The van der Waals surface area contributed by atoms with E-state index in [1.807, 2.05) is 37.7 Å². The van der Waals surface area contributed by atoms with E-state index < -0.39 is 0 Å². The molecule has 0 fully saturated rings. The summed E-state index contributed by atoms with van der Waals surface area (Å²) in [5.41, 5.74) is 6.07. The Bertz CT molecular complexity index is 1480. The summed E-state index contributed by atoms with van der Waals surface area (Å²) in [7, 11) is 0. The van der Waals surface area contributed by atoms with Crippen molar-refractivity contribution in [1.29, 1.82) is 0 Å². The van der Waals surface area contributed by atoms with Crippen LogP contribution in [0, 0.1) is 0 Å². The fraction of sp³-hybridized carbons (Fsp3) is 0.429. The number of aryl methyl sites for hydroxylation is 2. The van der Waals surface area contributed by atoms with Gasteiger partial charge in [-0.15, -0.1) is 0 Å². The topological polar surface area (TPSA) is 124 Å². The molecule has 6 rings (SSSR count). The molecule has 3 aromatic heterocycles. The molecule has 1 unspecified atom stereocenters. The van der Waals surface area contributed by atoms with Crippen molar-refractivity contribution in [2.24, 2.45) is 0 Å². The van der Waals surface area contributed by atoms with Crippen LogP contribution in [0.4, 0.5) is 11.6 Å². The van der Waals surface area contributed by atoms with Gasteiger partial charge in [0.25, 0.3) is 11.7 Å². The lowest BCUT2D eigenvalue weighted by Gasteiger charge is -2.19. The van der Waals surface area contributed by atoms with E-state index in [4.69, 9.17) is 9.51 Å². The van der Waals surface area contributed by atoms with Crippen LogP contribution < -0.4 is 10.6 Å². The summed E-state index contributed by atoms with van der Waals surface area (Å²) in [6.07, 6.45) is 9.63. The first-order chi connectivity index (χ1) is 18.3. The smallest absolute Gasteiger partial charge is 0.293 e. The van der Waals surface area contributed by atoms with E-state index in [1.54, 1.807) is 6.20 Å². The minimum Gasteiger partial charge on any atom is -0.342 e. The van der Waals surface area contributed by atoms with Crippen molar-refractivity contribution in [2.45, 2.75) is 77.3 Å². The standard InChI is InChI=1S/C28H32N8O2/c1-28(2,3)26-34-24(35-38-26)25(37)31-21-8-5-4-7-17-15-18(10-11-19(17)21)20-12-13-29-27(32-20)33-22-16-30-36-14-6-9-23(22)36/h10-13,15-16,21H,4-9,14H2,1-3H3,(H,31,37)(H,29,32,33). The minimum absolute atomic E-state index is 0.0717. The summed E-state index contributed by atoms with van der Waals surface area (Å²) in [5, 5.41) is 14.8. The monoisotopic (exact) mass is 512 g/mol. The van der Waals surface area contributed by atoms with Crippen LogP contribution in [0.25, 0.3) is 11.3 Å². The predicted octanol–water partition coefficient (Wildman–Crippen LogP) is 4.91. The zero-order chi connectivity index (χ0) is 26.3. The van der Waals surface area contributed by atoms with Crippen LogP contribution in [0.2, 0.25) is 0 Å². The largest absolute Gasteiger partial charge is 0.342 e. The molecule has 10 nitrogen and oxygen atoms in total. The van der Waals surface area contributed by atoms with E-state index in [0.29, 0.717) is 11.8 Å². The van der Waals surface area contributed by atoms with Crippen molar-refractivity contribution in [3.05, 3.63) is 65.2 Å². The third kappa shape index (κ3) is 4.78. The van der Waals surface area contributed by atoms with Crippen LogP contribution in [-0.4, -0.2) is 35.8 Å². The van der Waals surface area contributed by atoms with Crippen molar-refractivity contribution in [3.63, 3.8) is 0 Å². The molecule has 0 spiro atoms. The zero-order valence-corrected chi connectivity index (χ0v) is 22.0. The molecule has 1 aliphatic heterocycles. The van der Waals surface area contributed by atoms with Gasteiger partial charge >= 0.3 is 0 Å². The van der Waals surface area contributed by atoms with E-state index >= 15 is 0 Å². The molecule has 1 atom stereocenters. The number of anilines is 2. The quantitative estimate of drug-likeness (QED) is 0.362. The van der Waals surface area contributed by atoms with Crippen molar-refractivity contribution in [1.82, 2.24) is 35.2 Å². The number of amides is 1. The lowest BCUT2D eigenvalue weighted by molar-refractivity contribution is 0.0921. The number of aromatic nitrogens is 6. The second-order valence-corrected chi connectivity index (χ2v) is 11.1. The van der Waals surface area contributed by atoms with Gasteiger partial charge in [-0.05, 0) is 55.4 Å². The van der Waals surface area contributed by atoms with Crippen LogP contribution in [-0.2, 0) is 24.8 Å². The number of rotatable bonds is 5. The average Bonchev–Trinajstić information content (AvgIpc) is 3.62. The minimum atomic E-state index is -0.315. The molecule has 2 aliphatic rings. The zero-order valence-electron chi connectivity index (χ0n) is 22.0. The fourth-order valence-electron chi connectivity index (χ4n) is 5.20. The molecule has 0 saturated carbocycles. The van der Waals surface area contributed by atoms with Gasteiger partial charge in [0.15, 0.2) is 0 Å². The van der Waals surface area contributed by atoms with Gasteiger partial charge in [0, 0.05) is 23.7 Å². The number of carbonyl (C=O) groups excluding carboxylic acids is 1. The van der Waals surface area contributed by atoms with E-state index in [1.165, 1.54) is 11.3 Å². The first kappa shape index (κ1) is 24.3. The molecular formula is C28H32N8O2. The first-order valence-corrected chi connectivity index (χ1v) is 13.3. The third-order valence-corrected chi connectivity index (χ3v) is 7.21. The highest BCUT2D eigenvalue weighted by atomic mass is 16.5. The molecule has 1 aliphatic carbocycles. The maximum atomic E-state index is 13.0. The molecule has 2 N–H and O–H groups in total. The number of nitrogens with zero attached hydrogens (tertiary/aromatic N) is 6. The van der Waals surface area contributed by atoms with Crippen LogP contribution in [0.5, 0.6) is 0 Å². The first-order valence-electron chi connectivity index (χ1n) is 13.3. The van der Waals surface area contributed by atoms with Gasteiger partial charge in [0.1, 0.15) is 0 Å². The van der Waals surface area contributed by atoms with Crippen molar-refractivity contribution < 1.29 is 9.32 Å². The fourth-order valence-corrected chi connectivity index (χ4v) is 5.20. The Labute approximate surface area is 221 Å². The van der Waals surface area contributed by atoms with Crippen LogP contribution >= 0.6 is 0 Å². The molecule has 0 saturated heterocycles. The van der Waals surface area contributed by atoms with Crippen molar-refractivity contribution in [3.8, 4) is 11.3 Å². The Balaban J connectivity index is 1.22. The number of nitrogens with one attached hydrogen (secondary N) is 2. The highest BCUT2D eigenvalue weighted by Crippen LogP contribution is 2.33. The summed E-state index contributed by atoms with van der Waals surface area (Å²) in [6, 6.07) is 8.18. The summed E-state index contributed by atoms with van der Waals surface area (Å²) in [6.45, 7) is 6.88. The van der Waals surface area contributed by atoms with E-state index in [0.717, 1.165) is 67.6 Å². The molecule has 38 heavy (non-hydrogen) atoms. The summed E-state index contributed by atoms with van der Waals surface area (Å²) >= 11 is 0. The van der Waals surface area contributed by atoms with Gasteiger partial charge in [-0.25, -0.2) is 9.97 Å². The highest BCUT2D eigenvalue weighted by Gasteiger charge is 2.27. The van der Waals surface area contributed by atoms with Gasteiger partial charge in [0.2, 0.25) is 11.8 Å². The van der Waals surface area contributed by atoms with Crippen LogP contribution in [0.1, 0.15) is 85.8 Å². The lowest BCUT2D eigenvalue weighted by Crippen LogP contribution is -2.29. The van der Waals surface area contributed by atoms with Crippen LogP contribution in [0.3, 0.4) is 0 Å². The van der Waals surface area contributed by atoms with E-state index in [-0.39, 0.29) is 23.2 Å². The van der Waals surface area contributed by atoms with Gasteiger partial charge in [0.05, 0.1) is 29.3 Å². The molecule has 1 amide bonds. The van der Waals surface area contributed by atoms with Gasteiger partial charge in [-0.1, -0.05) is 44.5 Å². The number of fused-ring (bicyclic) bond motifs is 2. The lowest BCUT2D eigenvalue weighted by atomic mass is 9.95. The van der Waals surface area contributed by atoms with Gasteiger partial charge in [-0.2, -0.15) is 10.1 Å². The Kier molecular flexibility index (Phi) is 6.17. The molecular weight excluding hydrogens is 480 g/mol. The van der Waals surface area contributed by atoms with Crippen LogP contribution in [0.15, 0.2) is 41.2 Å². The number of hydrogen-bond acceptors (Lipinski definition) is 8. The Morgan fingerprint density at radius 1 is 1.11 bits per heavy atom. The predicted molar refractivity (Wildman–Crippen MR) is 142 cm³/mol. The summed E-state index contributed by atoms with van der Waals surface area (Å²) < 4.78 is 7.36. The van der Waals surface area contributed by atoms with Crippen molar-refractivity contribution >= 4 is 17.5 Å². The normalized spacial score (nSPS) is 17.0. The third-order valence-electron chi connectivity index (χ3n) is 7.21. The van der Waals surface area contributed by atoms with E-state index in [2.05, 4.69) is 49.1 Å². The molecule has 0 bridgehead atoms. The van der Waals surface area contributed by atoms with Gasteiger partial charge in [-0.3, -0.25) is 9.48 Å². The maximum absolute atomic E-state index is 13.0. The van der Waals surface area contributed by atoms with Crippen molar-refractivity contribution in [2.75, 3.05) is 5.32 Å². The second-order valence-electron chi connectivity index (χ2n) is 11.1. The second kappa shape index (κ2) is 9.66. The Morgan fingerprint density at radius 3 is 2.84 bits per heavy atom. The molecule has 10 heteroatoms. The number of carbonyl (C=O) groups is 1. The highest BCUT2D eigenvalue weighted by molar-refractivity contribution is 5.90. The maximum Gasteiger partial charge on any atom is 0.293 e. The SMILES string of the molecule is CC(C)(C)c1nc(C(=O)NC2CCCCc3cc(-c4ccnc(Nc5cnn6c5CCC6)n4)ccc32)no1. The molecule has 4 aromatic rings. The summed E-state index contributed by atoms with van der Waals surface area (Å²) in [5.74, 6) is 0.761. The Hall–Kier alpha value is -4.08.